The first-order chi connectivity index (χ1) is 18.3. The van der Waals surface area contributed by atoms with E-state index in [0.29, 0.717) is 12.1 Å². The SMILES string of the molecule is Cl.c1cc(-c2c(-c3ccncc3)nn3c(-c4ccc(N5C[C@@H]6C[C@H]5CN6)cc4)ccnc23)c2cn[nH]c2c1. The van der Waals surface area contributed by atoms with Gasteiger partial charge in [-0.05, 0) is 48.4 Å². The van der Waals surface area contributed by atoms with Crippen molar-refractivity contribution in [3.8, 4) is 33.6 Å². The topological polar surface area (TPSA) is 87.0 Å². The van der Waals surface area contributed by atoms with Gasteiger partial charge in [0.15, 0.2) is 5.65 Å². The minimum absolute atomic E-state index is 0. The molecule has 188 valence electrons. The molecular formula is C29H25ClN8. The summed E-state index contributed by atoms with van der Waals surface area (Å²) in [5.41, 5.74) is 9.08. The lowest BCUT2D eigenvalue weighted by atomic mass is 9.99. The maximum Gasteiger partial charge on any atom is 0.164 e. The summed E-state index contributed by atoms with van der Waals surface area (Å²) >= 11 is 0. The highest BCUT2D eigenvalue weighted by Crippen LogP contribution is 2.39. The van der Waals surface area contributed by atoms with Crippen LogP contribution in [0.4, 0.5) is 5.69 Å². The summed E-state index contributed by atoms with van der Waals surface area (Å²) < 4.78 is 1.97. The molecule has 2 N–H and O–H groups in total. The van der Waals surface area contributed by atoms with Crippen molar-refractivity contribution in [2.45, 2.75) is 18.5 Å². The molecule has 6 aromatic rings. The van der Waals surface area contributed by atoms with Crippen LogP contribution in [0.5, 0.6) is 0 Å². The molecule has 2 aliphatic heterocycles. The number of anilines is 1. The van der Waals surface area contributed by atoms with Gasteiger partial charge in [0.05, 0.1) is 23.0 Å². The number of hydrogen-bond acceptors (Lipinski definition) is 6. The molecule has 0 spiro atoms. The number of nitrogens with one attached hydrogen (secondary N) is 2. The molecule has 0 saturated carbocycles. The number of nitrogens with zero attached hydrogens (tertiary/aromatic N) is 6. The van der Waals surface area contributed by atoms with Crippen LogP contribution >= 0.6 is 12.4 Å². The third kappa shape index (κ3) is 3.48. The zero-order valence-corrected chi connectivity index (χ0v) is 21.3. The Hall–Kier alpha value is -4.27. The highest BCUT2D eigenvalue weighted by molar-refractivity contribution is 6.02. The second-order valence-electron chi connectivity index (χ2n) is 9.86. The maximum absolute atomic E-state index is 5.13. The van der Waals surface area contributed by atoms with Gasteiger partial charge >= 0.3 is 0 Å². The van der Waals surface area contributed by atoms with Gasteiger partial charge in [0.1, 0.15) is 5.69 Å². The fraction of sp³-hybridized carbons (Fsp3) is 0.172. The second-order valence-corrected chi connectivity index (χ2v) is 9.86. The summed E-state index contributed by atoms with van der Waals surface area (Å²) in [6.07, 6.45) is 8.59. The molecular weight excluding hydrogens is 496 g/mol. The van der Waals surface area contributed by atoms with E-state index in [1.54, 1.807) is 12.4 Å². The molecule has 0 amide bonds. The lowest BCUT2D eigenvalue weighted by Gasteiger charge is -2.29. The van der Waals surface area contributed by atoms with Crippen molar-refractivity contribution in [3.05, 3.63) is 85.5 Å². The monoisotopic (exact) mass is 520 g/mol. The van der Waals surface area contributed by atoms with Crippen molar-refractivity contribution < 1.29 is 0 Å². The number of rotatable bonds is 4. The lowest BCUT2D eigenvalue weighted by Crippen LogP contribution is -2.43. The molecule has 6 heterocycles. The number of pyridine rings is 1. The summed E-state index contributed by atoms with van der Waals surface area (Å²) in [5.74, 6) is 0. The largest absolute Gasteiger partial charge is 0.366 e. The first-order valence-corrected chi connectivity index (χ1v) is 12.6. The van der Waals surface area contributed by atoms with Crippen LogP contribution in [-0.4, -0.2) is 55.0 Å². The Kier molecular flexibility index (Phi) is 5.38. The van der Waals surface area contributed by atoms with E-state index in [1.165, 1.54) is 12.1 Å². The zero-order chi connectivity index (χ0) is 24.3. The first-order valence-electron chi connectivity index (χ1n) is 12.6. The molecule has 0 aliphatic carbocycles. The van der Waals surface area contributed by atoms with Gasteiger partial charge in [0, 0.05) is 66.0 Å². The molecule has 0 radical (unpaired) electrons. The van der Waals surface area contributed by atoms with Crippen molar-refractivity contribution in [2.75, 3.05) is 18.0 Å². The normalized spacial score (nSPS) is 18.4. The molecule has 8 nitrogen and oxygen atoms in total. The molecule has 2 aliphatic rings. The first kappa shape index (κ1) is 22.9. The average molecular weight is 521 g/mol. The van der Waals surface area contributed by atoms with Gasteiger partial charge in [-0.25, -0.2) is 9.50 Å². The van der Waals surface area contributed by atoms with Crippen molar-refractivity contribution in [1.29, 1.82) is 0 Å². The Morgan fingerprint density at radius 3 is 2.55 bits per heavy atom. The van der Waals surface area contributed by atoms with E-state index >= 15 is 0 Å². The summed E-state index contributed by atoms with van der Waals surface area (Å²) in [5, 5.41) is 17.1. The van der Waals surface area contributed by atoms with Gasteiger partial charge in [0.2, 0.25) is 0 Å². The molecule has 2 saturated heterocycles. The third-order valence-corrected chi connectivity index (χ3v) is 7.78. The van der Waals surface area contributed by atoms with E-state index < -0.39 is 0 Å². The minimum atomic E-state index is 0. The van der Waals surface area contributed by atoms with Crippen LogP contribution in [0.25, 0.3) is 50.2 Å². The number of hydrogen-bond donors (Lipinski definition) is 2. The Morgan fingerprint density at radius 2 is 1.76 bits per heavy atom. The van der Waals surface area contributed by atoms with Gasteiger partial charge in [-0.2, -0.15) is 10.2 Å². The predicted octanol–water partition coefficient (Wildman–Crippen LogP) is 4.97. The van der Waals surface area contributed by atoms with Crippen molar-refractivity contribution in [3.63, 3.8) is 0 Å². The number of fused-ring (bicyclic) bond motifs is 4. The second kappa shape index (κ2) is 8.93. The molecule has 0 unspecified atom stereocenters. The molecule has 2 fully saturated rings. The maximum atomic E-state index is 5.13. The van der Waals surface area contributed by atoms with Crippen LogP contribution in [-0.2, 0) is 0 Å². The van der Waals surface area contributed by atoms with E-state index in [9.17, 15) is 0 Å². The minimum Gasteiger partial charge on any atom is -0.366 e. The van der Waals surface area contributed by atoms with Crippen molar-refractivity contribution >= 4 is 34.6 Å². The molecule has 2 atom stereocenters. The van der Waals surface area contributed by atoms with Gasteiger partial charge in [-0.15, -0.1) is 12.4 Å². The van der Waals surface area contributed by atoms with Crippen LogP contribution in [0.3, 0.4) is 0 Å². The zero-order valence-electron chi connectivity index (χ0n) is 20.5. The fourth-order valence-corrected chi connectivity index (χ4v) is 6.01. The van der Waals surface area contributed by atoms with Gasteiger partial charge in [0.25, 0.3) is 0 Å². The number of aromatic amines is 1. The molecule has 38 heavy (non-hydrogen) atoms. The van der Waals surface area contributed by atoms with Crippen LogP contribution < -0.4 is 10.2 Å². The van der Waals surface area contributed by atoms with Gasteiger partial charge in [-0.1, -0.05) is 24.3 Å². The highest BCUT2D eigenvalue weighted by atomic mass is 35.5. The van der Waals surface area contributed by atoms with E-state index in [0.717, 1.165) is 63.3 Å². The average Bonchev–Trinajstić information content (AvgIpc) is 3.76. The molecule has 2 aromatic carbocycles. The number of benzene rings is 2. The van der Waals surface area contributed by atoms with E-state index in [1.807, 2.05) is 47.2 Å². The Bertz CT molecular complexity index is 1760. The van der Waals surface area contributed by atoms with E-state index in [-0.39, 0.29) is 12.4 Å². The number of H-pyrrole nitrogens is 1. The van der Waals surface area contributed by atoms with Crippen LogP contribution in [0.1, 0.15) is 6.42 Å². The number of halogens is 1. The lowest BCUT2D eigenvalue weighted by molar-refractivity contribution is 0.580. The quantitative estimate of drug-likeness (QED) is 0.341. The Balaban J connectivity index is 0.00000242. The summed E-state index contributed by atoms with van der Waals surface area (Å²) in [6, 6.07) is 22.3. The number of piperazine rings is 1. The van der Waals surface area contributed by atoms with Crippen LogP contribution in [0, 0.1) is 0 Å². The molecule has 9 heteroatoms. The summed E-state index contributed by atoms with van der Waals surface area (Å²) in [7, 11) is 0. The predicted molar refractivity (Wildman–Crippen MR) is 152 cm³/mol. The highest BCUT2D eigenvalue weighted by Gasteiger charge is 2.37. The van der Waals surface area contributed by atoms with Crippen molar-refractivity contribution in [2.24, 2.45) is 0 Å². The third-order valence-electron chi connectivity index (χ3n) is 7.78. The number of aromatic nitrogens is 6. The van der Waals surface area contributed by atoms with E-state index in [4.69, 9.17) is 10.1 Å². The Morgan fingerprint density at radius 1 is 0.895 bits per heavy atom. The smallest absolute Gasteiger partial charge is 0.164 e. The fourth-order valence-electron chi connectivity index (χ4n) is 6.01. The van der Waals surface area contributed by atoms with Crippen LogP contribution in [0.2, 0.25) is 0 Å². The van der Waals surface area contributed by atoms with Gasteiger partial charge in [-0.3, -0.25) is 10.1 Å². The van der Waals surface area contributed by atoms with Crippen LogP contribution in [0.15, 0.2) is 85.5 Å². The molecule has 4 aromatic heterocycles. The van der Waals surface area contributed by atoms with Crippen molar-refractivity contribution in [1.82, 2.24) is 35.1 Å². The Labute approximate surface area is 225 Å². The molecule has 8 rings (SSSR count). The van der Waals surface area contributed by atoms with Gasteiger partial charge < -0.3 is 10.2 Å². The van der Waals surface area contributed by atoms with E-state index in [2.05, 4.69) is 55.7 Å². The summed E-state index contributed by atoms with van der Waals surface area (Å²) in [4.78, 5) is 11.6. The molecule has 2 bridgehead atoms. The summed E-state index contributed by atoms with van der Waals surface area (Å²) in [6.45, 7) is 2.16. The standard InChI is InChI=1S/C29H24N8.ClH/c1-2-23(24-16-33-34-25(24)3-1)27-28(19-8-11-30-12-9-19)35-37-26(10-13-31-29(27)37)18-4-6-21(7-5-18)36-17-20-14-22(36)15-32-20;/h1-13,16,20,22,32H,14-15,17H2,(H,33,34);1H/t20-,22-;/m0./s1.